The van der Waals surface area contributed by atoms with E-state index in [1.54, 1.807) is 35.7 Å². The summed E-state index contributed by atoms with van der Waals surface area (Å²) in [5.74, 6) is 0.743. The van der Waals surface area contributed by atoms with Crippen LogP contribution in [0.1, 0.15) is 17.3 Å². The van der Waals surface area contributed by atoms with Crippen LogP contribution in [0.4, 0.5) is 0 Å². The Balaban J connectivity index is 1.81. The quantitative estimate of drug-likeness (QED) is 0.607. The number of methoxy groups -OCH3 is 1. The van der Waals surface area contributed by atoms with E-state index < -0.39 is 10.0 Å². The summed E-state index contributed by atoms with van der Waals surface area (Å²) in [6, 6.07) is 17.9. The van der Waals surface area contributed by atoms with E-state index in [1.807, 2.05) is 42.6 Å². The van der Waals surface area contributed by atoms with Crippen molar-refractivity contribution in [3.63, 3.8) is 0 Å². The van der Waals surface area contributed by atoms with Gasteiger partial charge in [0.15, 0.2) is 0 Å². The number of benzene rings is 2. The van der Waals surface area contributed by atoms with Crippen LogP contribution in [0, 0.1) is 0 Å². The van der Waals surface area contributed by atoms with Crippen molar-refractivity contribution in [3.05, 3.63) is 82.6 Å². The van der Waals surface area contributed by atoms with E-state index in [-0.39, 0.29) is 6.04 Å². The average Bonchev–Trinajstić information content (AvgIpc) is 3.16. The van der Waals surface area contributed by atoms with E-state index in [1.165, 1.54) is 0 Å². The second-order valence-electron chi connectivity index (χ2n) is 6.37. The Labute approximate surface area is 167 Å². The van der Waals surface area contributed by atoms with Gasteiger partial charge < -0.3 is 9.30 Å². The number of rotatable bonds is 4. The molecule has 0 saturated heterocycles. The predicted octanol–water partition coefficient (Wildman–Crippen LogP) is 4.05. The fraction of sp³-hybridized carbons (Fsp3) is 0.200. The van der Waals surface area contributed by atoms with Gasteiger partial charge in [-0.25, -0.2) is 8.42 Å². The third-order valence-electron chi connectivity index (χ3n) is 4.85. The van der Waals surface area contributed by atoms with Crippen LogP contribution in [0.15, 0.2) is 76.2 Å². The maximum absolute atomic E-state index is 13.4. The highest BCUT2D eigenvalue weighted by Gasteiger charge is 2.37. The molecule has 140 valence electrons. The number of halogens is 1. The Bertz CT molecular complexity index is 1040. The number of hydrogen-bond donors (Lipinski definition) is 0. The number of ether oxygens (including phenoxy) is 1. The maximum Gasteiger partial charge on any atom is 0.244 e. The maximum atomic E-state index is 13.4. The van der Waals surface area contributed by atoms with Crippen LogP contribution in [-0.4, -0.2) is 30.9 Å². The lowest BCUT2D eigenvalue weighted by molar-refractivity contribution is 0.298. The van der Waals surface area contributed by atoms with Gasteiger partial charge in [0, 0.05) is 29.5 Å². The summed E-state index contributed by atoms with van der Waals surface area (Å²) in [4.78, 5) is 0.296. The van der Waals surface area contributed by atoms with E-state index in [0.29, 0.717) is 18.0 Å². The molecule has 1 aromatic heterocycles. The molecule has 3 aromatic rings. The summed E-state index contributed by atoms with van der Waals surface area (Å²) in [6.07, 6.45) is 2.00. The molecular weight excluding hydrogens is 428 g/mol. The molecule has 0 amide bonds. The van der Waals surface area contributed by atoms with Gasteiger partial charge in [-0.2, -0.15) is 4.31 Å². The Morgan fingerprint density at radius 1 is 1.00 bits per heavy atom. The zero-order valence-corrected chi connectivity index (χ0v) is 17.2. The minimum atomic E-state index is -3.64. The molecule has 1 aliphatic heterocycles. The molecule has 2 aromatic carbocycles. The first kappa shape index (κ1) is 18.3. The Morgan fingerprint density at radius 3 is 2.37 bits per heavy atom. The van der Waals surface area contributed by atoms with Crippen molar-refractivity contribution in [1.82, 2.24) is 8.87 Å². The van der Waals surface area contributed by atoms with E-state index in [2.05, 4.69) is 20.5 Å². The molecule has 0 saturated carbocycles. The van der Waals surface area contributed by atoms with E-state index in [4.69, 9.17) is 4.74 Å². The van der Waals surface area contributed by atoms with E-state index >= 15 is 0 Å². The lowest BCUT2D eigenvalue weighted by Crippen LogP contribution is -2.42. The summed E-state index contributed by atoms with van der Waals surface area (Å²) in [5.41, 5.74) is 1.88. The molecule has 0 unspecified atom stereocenters. The highest BCUT2D eigenvalue weighted by molar-refractivity contribution is 9.10. The van der Waals surface area contributed by atoms with Crippen molar-refractivity contribution in [2.45, 2.75) is 17.5 Å². The summed E-state index contributed by atoms with van der Waals surface area (Å²) in [5, 5.41) is 0. The summed E-state index contributed by atoms with van der Waals surface area (Å²) in [6.45, 7) is 1.04. The summed E-state index contributed by atoms with van der Waals surface area (Å²) >= 11 is 3.36. The molecule has 1 atom stereocenters. The first-order chi connectivity index (χ1) is 13.0. The molecule has 0 N–H and O–H groups in total. The third-order valence-corrected chi connectivity index (χ3v) is 7.25. The van der Waals surface area contributed by atoms with Crippen LogP contribution < -0.4 is 4.74 Å². The molecule has 0 radical (unpaired) electrons. The van der Waals surface area contributed by atoms with Crippen LogP contribution in [-0.2, 0) is 16.6 Å². The number of hydrogen-bond acceptors (Lipinski definition) is 3. The van der Waals surface area contributed by atoms with Crippen LogP contribution in [0.5, 0.6) is 5.75 Å². The second-order valence-corrected chi connectivity index (χ2v) is 9.18. The molecule has 2 heterocycles. The predicted molar refractivity (Wildman–Crippen MR) is 107 cm³/mol. The van der Waals surface area contributed by atoms with Crippen molar-refractivity contribution >= 4 is 26.0 Å². The number of sulfonamides is 1. The van der Waals surface area contributed by atoms with Gasteiger partial charge in [-0.3, -0.25) is 0 Å². The highest BCUT2D eigenvalue weighted by atomic mass is 79.9. The molecule has 0 bridgehead atoms. The minimum Gasteiger partial charge on any atom is -0.497 e. The molecular formula is C20H19BrN2O3S. The first-order valence-corrected chi connectivity index (χ1v) is 10.8. The van der Waals surface area contributed by atoms with Gasteiger partial charge in [0.1, 0.15) is 5.75 Å². The molecule has 4 rings (SSSR count). The van der Waals surface area contributed by atoms with E-state index in [0.717, 1.165) is 21.5 Å². The van der Waals surface area contributed by atoms with Crippen molar-refractivity contribution in [2.24, 2.45) is 0 Å². The van der Waals surface area contributed by atoms with Gasteiger partial charge >= 0.3 is 0 Å². The Morgan fingerprint density at radius 2 is 1.70 bits per heavy atom. The van der Waals surface area contributed by atoms with Gasteiger partial charge in [0.05, 0.1) is 18.0 Å². The fourth-order valence-electron chi connectivity index (χ4n) is 3.49. The number of fused-ring (bicyclic) bond motifs is 1. The molecule has 0 aliphatic carbocycles. The van der Waals surface area contributed by atoms with Gasteiger partial charge in [-0.1, -0.05) is 28.1 Å². The third kappa shape index (κ3) is 3.31. The average molecular weight is 447 g/mol. The monoisotopic (exact) mass is 446 g/mol. The van der Waals surface area contributed by atoms with E-state index in [9.17, 15) is 8.42 Å². The van der Waals surface area contributed by atoms with Gasteiger partial charge in [0.2, 0.25) is 10.0 Å². The molecule has 1 aliphatic rings. The fourth-order valence-corrected chi connectivity index (χ4v) is 5.33. The summed E-state index contributed by atoms with van der Waals surface area (Å²) < 4.78 is 36.6. The first-order valence-electron chi connectivity index (χ1n) is 8.57. The Hall–Kier alpha value is -2.09. The minimum absolute atomic E-state index is 0.296. The Kier molecular flexibility index (Phi) is 4.84. The normalized spacial score (nSPS) is 17.5. The van der Waals surface area contributed by atoms with Gasteiger partial charge in [0.25, 0.3) is 0 Å². The molecule has 0 spiro atoms. The number of aromatic nitrogens is 1. The van der Waals surface area contributed by atoms with Crippen molar-refractivity contribution in [3.8, 4) is 5.75 Å². The van der Waals surface area contributed by atoms with Crippen LogP contribution in [0.3, 0.4) is 0 Å². The van der Waals surface area contributed by atoms with Crippen molar-refractivity contribution in [2.75, 3.05) is 13.7 Å². The molecule has 5 nitrogen and oxygen atoms in total. The molecule has 7 heteroatoms. The van der Waals surface area contributed by atoms with Crippen LogP contribution >= 0.6 is 15.9 Å². The SMILES string of the molecule is COc1ccc([C@@H]2c3cccn3CCN2S(=O)(=O)c2ccc(Br)cc2)cc1. The smallest absolute Gasteiger partial charge is 0.244 e. The number of nitrogens with zero attached hydrogens (tertiary/aromatic N) is 2. The second kappa shape index (κ2) is 7.14. The topological polar surface area (TPSA) is 51.5 Å². The zero-order valence-electron chi connectivity index (χ0n) is 14.7. The highest BCUT2D eigenvalue weighted by Crippen LogP contribution is 2.37. The molecule has 0 fully saturated rings. The van der Waals surface area contributed by atoms with Crippen molar-refractivity contribution in [1.29, 1.82) is 0 Å². The summed E-state index contributed by atoms with van der Waals surface area (Å²) in [7, 11) is -2.03. The largest absolute Gasteiger partial charge is 0.497 e. The van der Waals surface area contributed by atoms with Crippen LogP contribution in [0.25, 0.3) is 0 Å². The van der Waals surface area contributed by atoms with Crippen molar-refractivity contribution < 1.29 is 13.2 Å². The standard InChI is InChI=1S/C20H19BrN2O3S/c1-26-17-8-4-15(5-9-17)20-19-3-2-12-22(19)13-14-23(20)27(24,25)18-10-6-16(21)7-11-18/h2-12,20H,13-14H2,1H3/t20-/m1/s1. The van der Waals surface area contributed by atoms with Gasteiger partial charge in [-0.15, -0.1) is 0 Å². The lowest BCUT2D eigenvalue weighted by Gasteiger charge is -2.36. The zero-order chi connectivity index (χ0) is 19.0. The van der Waals surface area contributed by atoms with Crippen LogP contribution in [0.2, 0.25) is 0 Å². The molecule has 27 heavy (non-hydrogen) atoms. The van der Waals surface area contributed by atoms with Gasteiger partial charge in [-0.05, 0) is 54.1 Å². The lowest BCUT2D eigenvalue weighted by atomic mass is 10.0.